The fraction of sp³-hybridized carbons (Fsp3) is 0.515. The Morgan fingerprint density at radius 3 is 0.592 bits per heavy atom. The van der Waals surface area contributed by atoms with E-state index >= 15 is 0 Å². The lowest BCUT2D eigenvalue weighted by atomic mass is 9.52. The van der Waals surface area contributed by atoms with E-state index in [9.17, 15) is 0 Å². The maximum atomic E-state index is 8.63. The van der Waals surface area contributed by atoms with Crippen molar-refractivity contribution >= 4 is 25.3 Å². The van der Waals surface area contributed by atoms with Crippen LogP contribution in [-0.4, -0.2) is 18.3 Å². The van der Waals surface area contributed by atoms with Crippen LogP contribution >= 0.6 is 8.60 Å². The molecule has 3 aliphatic carbocycles. The van der Waals surface area contributed by atoms with Crippen LogP contribution in [0.3, 0.4) is 0 Å². The lowest BCUT2D eigenvalue weighted by Gasteiger charge is -2.56. The molecular weight excluding hydrogens is 1270 g/mol. The highest BCUT2D eigenvalue weighted by Crippen LogP contribution is 2.67. The highest BCUT2D eigenvalue weighted by molar-refractivity contribution is 7.41. The summed E-state index contributed by atoms with van der Waals surface area (Å²) in [7, 11) is -2.38. The summed E-state index contributed by atoms with van der Waals surface area (Å²) in [6.07, 6.45) is 28.1. The lowest BCUT2D eigenvalue weighted by molar-refractivity contribution is 0.00274. The van der Waals surface area contributed by atoms with Crippen molar-refractivity contribution in [3.05, 3.63) is 267 Å². The minimum Gasteiger partial charge on any atom is -0.303 e. The zero-order valence-electron chi connectivity index (χ0n) is 69.3. The maximum absolute atomic E-state index is 8.63. The third kappa shape index (κ3) is 14.8. The van der Waals surface area contributed by atoms with Crippen LogP contribution in [0.4, 0.5) is 0 Å². The molecule has 6 atom stereocenters. The number of allylic oxidation sites excluding steroid dienone is 6. The Hall–Kier alpha value is -5.93. The van der Waals surface area contributed by atoms with Gasteiger partial charge in [-0.1, -0.05) is 387 Å². The molecule has 103 heavy (non-hydrogen) atoms. The van der Waals surface area contributed by atoms with Crippen molar-refractivity contribution in [2.75, 3.05) is 0 Å². The van der Waals surface area contributed by atoms with Gasteiger partial charge in [0.2, 0.25) is 0 Å². The average molecular weight is 1400 g/mol. The van der Waals surface area contributed by atoms with Crippen molar-refractivity contribution in [1.29, 1.82) is 0 Å². The third-order valence-corrected chi connectivity index (χ3v) is 29.5. The second kappa shape index (κ2) is 30.7. The van der Waals surface area contributed by atoms with Crippen LogP contribution in [0.2, 0.25) is 0 Å². The molecule has 0 heterocycles. The Kier molecular flexibility index (Phi) is 24.2. The fourth-order valence-electron chi connectivity index (χ4n) is 17.0. The molecular formula is C99H135O3P. The molecule has 3 aliphatic rings. The molecule has 0 saturated carbocycles. The van der Waals surface area contributed by atoms with Gasteiger partial charge in [-0.2, -0.15) is 0 Å². The second-order valence-corrected chi connectivity index (χ2v) is 37.8. The zero-order chi connectivity index (χ0) is 75.8. The van der Waals surface area contributed by atoms with Gasteiger partial charge in [0, 0.05) is 0 Å². The SMILES string of the molecule is CCC(C)(C)c1ccc(C2=CC=CC(OP(OC3C=CC=C(c4ccc(C(C)(C)CC)cc4)C3(c3ccc(C(C)(C)CC)cc3)C(C)(C)CC)OC3C=CC=C(c4ccc(C(C)(C)CC)cc4)C3(c3ccc(C(C)(C)CC)cc3)C(C)(C)CC)C2(c2ccc(C(C)(C)CC)cc2)C(C)(C)CC)cc1. The minimum atomic E-state index is -2.38. The first kappa shape index (κ1) is 81.2. The molecule has 9 rings (SSSR count). The van der Waals surface area contributed by atoms with Gasteiger partial charge in [0.05, 0.1) is 34.6 Å². The van der Waals surface area contributed by atoms with Crippen molar-refractivity contribution < 1.29 is 13.6 Å². The molecule has 0 aliphatic heterocycles. The molecule has 0 fully saturated rings. The molecule has 0 amide bonds. The van der Waals surface area contributed by atoms with E-state index in [1.54, 1.807) is 0 Å². The summed E-state index contributed by atoms with van der Waals surface area (Å²) in [5.74, 6) is 0. The van der Waals surface area contributed by atoms with E-state index in [-0.39, 0.29) is 32.5 Å². The first-order chi connectivity index (χ1) is 48.3. The van der Waals surface area contributed by atoms with Crippen LogP contribution in [0.5, 0.6) is 0 Å². The molecule has 3 nitrogen and oxygen atoms in total. The Morgan fingerprint density at radius 2 is 0.427 bits per heavy atom. The Bertz CT molecular complexity index is 3620. The molecule has 6 unspecified atom stereocenters. The smallest absolute Gasteiger partial charge is 0.303 e. The van der Waals surface area contributed by atoms with Crippen LogP contribution in [0.25, 0.3) is 16.7 Å². The quantitative estimate of drug-likeness (QED) is 0.0421. The monoisotopic (exact) mass is 1400 g/mol. The van der Waals surface area contributed by atoms with Gasteiger partial charge >= 0.3 is 8.60 Å². The van der Waals surface area contributed by atoms with Gasteiger partial charge in [-0.25, -0.2) is 0 Å². The molecule has 0 spiro atoms. The summed E-state index contributed by atoms with van der Waals surface area (Å²) in [6.45, 7) is 64.3. The standard InChI is InChI=1S/C99H135O3P/c1-28-88(10,11)73-52-46-70(47-53-73)82-40-37-43-85(97(82,94(22,23)34-7)79-64-58-76(59-65-79)91(16,17)31-4)100-103(101-86-44-38-41-83(71-48-54-74(55-49-71)89(12,13)29-2)98(86,95(24,25)35-8)80-66-60-77(61-67-80)92(18,19)32-5)102-87-45-39-42-84(72-50-56-75(57-51-72)90(14,15)30-3)99(87,96(26,27)36-9)81-68-62-78(63-69-81)93(20,21)33-6/h37-69,85-87H,28-36H2,1-27H3. The van der Waals surface area contributed by atoms with Crippen molar-refractivity contribution in [2.24, 2.45) is 16.2 Å². The van der Waals surface area contributed by atoms with Gasteiger partial charge in [0.15, 0.2) is 0 Å². The molecule has 6 aromatic rings. The largest absolute Gasteiger partial charge is 0.334 e. The summed E-state index contributed by atoms with van der Waals surface area (Å²) < 4.78 is 25.9. The average Bonchev–Trinajstić information content (AvgIpc) is 0.708. The minimum absolute atomic E-state index is 0.0126. The van der Waals surface area contributed by atoms with E-state index in [4.69, 9.17) is 13.6 Å². The molecule has 0 saturated heterocycles. The first-order valence-corrected chi connectivity index (χ1v) is 41.1. The first-order valence-electron chi connectivity index (χ1n) is 40.0. The van der Waals surface area contributed by atoms with E-state index in [2.05, 4.69) is 387 Å². The van der Waals surface area contributed by atoms with Gasteiger partial charge in [-0.05, 0) is 190 Å². The Morgan fingerprint density at radius 1 is 0.252 bits per heavy atom. The topological polar surface area (TPSA) is 27.7 Å². The number of rotatable bonds is 30. The van der Waals surface area contributed by atoms with Crippen LogP contribution in [0, 0.1) is 16.2 Å². The normalized spacial score (nSPS) is 22.0. The zero-order valence-corrected chi connectivity index (χ0v) is 70.2. The van der Waals surface area contributed by atoms with E-state index in [0.717, 1.165) is 57.8 Å². The number of hydrogen-bond acceptors (Lipinski definition) is 3. The molecule has 0 bridgehead atoms. The highest BCUT2D eigenvalue weighted by Gasteiger charge is 2.61. The van der Waals surface area contributed by atoms with Gasteiger partial charge in [0.1, 0.15) is 0 Å². The van der Waals surface area contributed by atoms with Gasteiger partial charge in [-0.3, -0.25) is 0 Å². The van der Waals surface area contributed by atoms with Crippen molar-refractivity contribution in [1.82, 2.24) is 0 Å². The molecule has 0 N–H and O–H groups in total. The number of hydrogen-bond donors (Lipinski definition) is 0. The predicted octanol–water partition coefficient (Wildman–Crippen LogP) is 28.6. The van der Waals surface area contributed by atoms with E-state index in [1.165, 1.54) is 83.5 Å². The van der Waals surface area contributed by atoms with Crippen LogP contribution < -0.4 is 0 Å². The van der Waals surface area contributed by atoms with Crippen LogP contribution in [0.1, 0.15) is 311 Å². The van der Waals surface area contributed by atoms with Crippen LogP contribution in [-0.2, 0) is 62.3 Å². The summed E-state index contributed by atoms with van der Waals surface area (Å²) in [5, 5.41) is 0. The molecule has 554 valence electrons. The van der Waals surface area contributed by atoms with Crippen molar-refractivity contribution in [2.45, 2.75) is 312 Å². The van der Waals surface area contributed by atoms with E-state index in [0.29, 0.717) is 0 Å². The summed E-state index contributed by atoms with van der Waals surface area (Å²) in [4.78, 5) is 0. The highest BCUT2D eigenvalue weighted by atomic mass is 31.2. The lowest BCUT2D eigenvalue weighted by Crippen LogP contribution is -2.55. The molecule has 0 aromatic heterocycles. The van der Waals surface area contributed by atoms with Crippen molar-refractivity contribution in [3.8, 4) is 0 Å². The molecule has 0 radical (unpaired) electrons. The molecule has 4 heteroatoms. The summed E-state index contributed by atoms with van der Waals surface area (Å²) in [6, 6.07) is 57.9. The summed E-state index contributed by atoms with van der Waals surface area (Å²) in [5.41, 5.74) is 15.3. The predicted molar refractivity (Wildman–Crippen MR) is 449 cm³/mol. The Labute approximate surface area is 630 Å². The number of benzene rings is 6. The van der Waals surface area contributed by atoms with Gasteiger partial charge in [-0.15, -0.1) is 0 Å². The van der Waals surface area contributed by atoms with Gasteiger partial charge < -0.3 is 13.6 Å². The van der Waals surface area contributed by atoms with E-state index in [1.807, 2.05) is 0 Å². The molecule has 6 aromatic carbocycles. The van der Waals surface area contributed by atoms with E-state index < -0.39 is 59.4 Å². The third-order valence-electron chi connectivity index (χ3n) is 28.3. The van der Waals surface area contributed by atoms with Crippen LogP contribution in [0.15, 0.2) is 200 Å². The van der Waals surface area contributed by atoms with Crippen molar-refractivity contribution in [3.63, 3.8) is 0 Å². The Balaban J connectivity index is 1.39. The second-order valence-electron chi connectivity index (χ2n) is 36.7. The fourth-order valence-corrected chi connectivity index (χ4v) is 18.4. The maximum Gasteiger partial charge on any atom is 0.334 e. The van der Waals surface area contributed by atoms with Gasteiger partial charge in [0.25, 0.3) is 0 Å². The summed E-state index contributed by atoms with van der Waals surface area (Å²) >= 11 is 0.